The Morgan fingerprint density at radius 3 is 2.45 bits per heavy atom. The van der Waals surface area contributed by atoms with Gasteiger partial charge in [0.05, 0.1) is 18.3 Å². The molecule has 0 amide bonds. The number of benzene rings is 2. The molecule has 1 saturated carbocycles. The molecular formula is C23H25FN4O. The van der Waals surface area contributed by atoms with Gasteiger partial charge in [-0.15, -0.1) is 0 Å². The zero-order valence-electron chi connectivity index (χ0n) is 16.9. The maximum absolute atomic E-state index is 14.2. The van der Waals surface area contributed by atoms with Gasteiger partial charge in [0.2, 0.25) is 0 Å². The fourth-order valence-corrected chi connectivity index (χ4v) is 4.08. The number of aryl methyl sites for hydroxylation is 1. The van der Waals surface area contributed by atoms with Gasteiger partial charge in [0, 0.05) is 43.5 Å². The Morgan fingerprint density at radius 1 is 1.00 bits per heavy atom. The van der Waals surface area contributed by atoms with Crippen molar-refractivity contribution in [2.45, 2.75) is 25.7 Å². The van der Waals surface area contributed by atoms with E-state index in [-0.39, 0.29) is 5.82 Å². The molecule has 2 aromatic carbocycles. The molecule has 0 radical (unpaired) electrons. The number of rotatable bonds is 4. The summed E-state index contributed by atoms with van der Waals surface area (Å²) in [7, 11) is 1.71. The first-order chi connectivity index (χ1) is 14.1. The third kappa shape index (κ3) is 3.37. The van der Waals surface area contributed by atoms with E-state index in [0.717, 1.165) is 67.5 Å². The van der Waals surface area contributed by atoms with Crippen molar-refractivity contribution in [1.29, 1.82) is 0 Å². The quantitative estimate of drug-likeness (QED) is 0.663. The Kier molecular flexibility index (Phi) is 4.49. The molecule has 0 atom stereocenters. The van der Waals surface area contributed by atoms with Gasteiger partial charge in [-0.25, -0.2) is 14.4 Å². The van der Waals surface area contributed by atoms with Gasteiger partial charge >= 0.3 is 0 Å². The Balaban J connectivity index is 1.46. The summed E-state index contributed by atoms with van der Waals surface area (Å²) in [6, 6.07) is 11.6. The molecule has 0 bridgehead atoms. The molecule has 1 saturated heterocycles. The SMILES string of the molecule is COc1ccccc1N1CCN(c2nc(C3CC3)nc3cc(F)c(C)cc23)CC1. The lowest BCUT2D eigenvalue weighted by molar-refractivity contribution is 0.413. The van der Waals surface area contributed by atoms with Gasteiger partial charge in [-0.1, -0.05) is 12.1 Å². The normalized spacial score (nSPS) is 17.1. The molecule has 0 N–H and O–H groups in total. The monoisotopic (exact) mass is 392 g/mol. The maximum atomic E-state index is 14.2. The summed E-state index contributed by atoms with van der Waals surface area (Å²) in [6.45, 7) is 5.26. The van der Waals surface area contributed by atoms with Gasteiger partial charge in [0.1, 0.15) is 23.2 Å². The zero-order valence-corrected chi connectivity index (χ0v) is 16.9. The van der Waals surface area contributed by atoms with Crippen LogP contribution >= 0.6 is 0 Å². The highest BCUT2D eigenvalue weighted by Gasteiger charge is 2.29. The number of piperazine rings is 1. The van der Waals surface area contributed by atoms with Crippen LogP contribution in [0.1, 0.15) is 30.1 Å². The minimum atomic E-state index is -0.204. The number of nitrogens with zero attached hydrogens (tertiary/aromatic N) is 4. The van der Waals surface area contributed by atoms with Crippen molar-refractivity contribution < 1.29 is 9.13 Å². The van der Waals surface area contributed by atoms with Crippen molar-refractivity contribution in [2.24, 2.45) is 0 Å². The van der Waals surface area contributed by atoms with E-state index in [4.69, 9.17) is 9.72 Å². The van der Waals surface area contributed by atoms with Crippen LogP contribution in [0.15, 0.2) is 36.4 Å². The molecule has 2 fully saturated rings. The molecule has 29 heavy (non-hydrogen) atoms. The highest BCUT2D eigenvalue weighted by molar-refractivity contribution is 5.90. The molecule has 3 aromatic rings. The summed E-state index contributed by atoms with van der Waals surface area (Å²) in [6.07, 6.45) is 2.25. The van der Waals surface area contributed by atoms with Gasteiger partial charge in [0.25, 0.3) is 0 Å². The standard InChI is InChI=1S/C23H25FN4O/c1-15-13-17-19(14-18(15)24)25-22(16-7-8-16)26-23(17)28-11-9-27(10-12-28)20-5-3-4-6-21(20)29-2/h3-6,13-14,16H,7-12H2,1-2H3. The van der Waals surface area contributed by atoms with Crippen LogP contribution in [0, 0.1) is 12.7 Å². The largest absolute Gasteiger partial charge is 0.495 e. The van der Waals surface area contributed by atoms with Crippen LogP contribution in [-0.2, 0) is 0 Å². The second kappa shape index (κ2) is 7.17. The molecule has 2 aliphatic rings. The molecule has 0 spiro atoms. The fraction of sp³-hybridized carbons (Fsp3) is 0.391. The minimum absolute atomic E-state index is 0.204. The highest BCUT2D eigenvalue weighted by atomic mass is 19.1. The molecule has 1 aliphatic carbocycles. The Morgan fingerprint density at radius 2 is 1.72 bits per heavy atom. The van der Waals surface area contributed by atoms with Gasteiger partial charge in [0.15, 0.2) is 0 Å². The molecule has 1 aromatic heterocycles. The first kappa shape index (κ1) is 18.2. The van der Waals surface area contributed by atoms with E-state index in [9.17, 15) is 4.39 Å². The lowest BCUT2D eigenvalue weighted by Gasteiger charge is -2.37. The first-order valence-corrected chi connectivity index (χ1v) is 10.2. The minimum Gasteiger partial charge on any atom is -0.495 e. The number of anilines is 2. The van der Waals surface area contributed by atoms with E-state index < -0.39 is 0 Å². The van der Waals surface area contributed by atoms with E-state index in [1.807, 2.05) is 24.3 Å². The average molecular weight is 392 g/mol. The Labute approximate surface area is 170 Å². The second-order valence-corrected chi connectivity index (χ2v) is 7.94. The summed E-state index contributed by atoms with van der Waals surface area (Å²) >= 11 is 0. The number of ether oxygens (including phenoxy) is 1. The lowest BCUT2D eigenvalue weighted by Crippen LogP contribution is -2.47. The van der Waals surface area contributed by atoms with Gasteiger partial charge < -0.3 is 14.5 Å². The van der Waals surface area contributed by atoms with Crippen LogP contribution in [0.5, 0.6) is 5.75 Å². The molecule has 150 valence electrons. The fourth-order valence-electron chi connectivity index (χ4n) is 4.08. The molecule has 6 heteroatoms. The average Bonchev–Trinajstić information content (AvgIpc) is 3.59. The third-order valence-electron chi connectivity index (χ3n) is 5.92. The smallest absolute Gasteiger partial charge is 0.142 e. The van der Waals surface area contributed by atoms with Crippen LogP contribution in [0.3, 0.4) is 0 Å². The number of halogens is 1. The number of para-hydroxylation sites is 2. The zero-order chi connectivity index (χ0) is 20.0. The molecule has 1 aliphatic heterocycles. The Bertz CT molecular complexity index is 1060. The van der Waals surface area contributed by atoms with E-state index in [1.165, 1.54) is 0 Å². The lowest BCUT2D eigenvalue weighted by atomic mass is 10.1. The Hall–Kier alpha value is -2.89. The van der Waals surface area contributed by atoms with Crippen LogP contribution in [0.2, 0.25) is 0 Å². The summed E-state index contributed by atoms with van der Waals surface area (Å²) < 4.78 is 19.7. The van der Waals surface area contributed by atoms with Crippen LogP contribution < -0.4 is 14.5 Å². The number of methoxy groups -OCH3 is 1. The highest BCUT2D eigenvalue weighted by Crippen LogP contribution is 2.40. The maximum Gasteiger partial charge on any atom is 0.142 e. The van der Waals surface area contributed by atoms with Crippen LogP contribution in [-0.4, -0.2) is 43.3 Å². The summed E-state index contributed by atoms with van der Waals surface area (Å²) in [5.41, 5.74) is 2.47. The summed E-state index contributed by atoms with van der Waals surface area (Å²) in [4.78, 5) is 14.3. The molecule has 2 heterocycles. The van der Waals surface area contributed by atoms with Crippen molar-refractivity contribution in [3.63, 3.8) is 0 Å². The van der Waals surface area contributed by atoms with Gasteiger partial charge in [-0.3, -0.25) is 0 Å². The first-order valence-electron chi connectivity index (χ1n) is 10.2. The summed E-state index contributed by atoms with van der Waals surface area (Å²) in [5.74, 6) is 2.93. The summed E-state index contributed by atoms with van der Waals surface area (Å²) in [5, 5.41) is 0.944. The van der Waals surface area contributed by atoms with Gasteiger partial charge in [-0.05, 0) is 43.5 Å². The second-order valence-electron chi connectivity index (χ2n) is 7.94. The van der Waals surface area contributed by atoms with Gasteiger partial charge in [-0.2, -0.15) is 0 Å². The topological polar surface area (TPSA) is 41.5 Å². The van der Waals surface area contributed by atoms with Crippen molar-refractivity contribution in [3.05, 3.63) is 53.6 Å². The van der Waals surface area contributed by atoms with E-state index >= 15 is 0 Å². The number of fused-ring (bicyclic) bond motifs is 1. The molecular weight excluding hydrogens is 367 g/mol. The van der Waals surface area contributed by atoms with Crippen molar-refractivity contribution in [2.75, 3.05) is 43.1 Å². The van der Waals surface area contributed by atoms with Crippen molar-refractivity contribution in [3.8, 4) is 5.75 Å². The van der Waals surface area contributed by atoms with Crippen molar-refractivity contribution >= 4 is 22.4 Å². The third-order valence-corrected chi connectivity index (χ3v) is 5.92. The number of aromatic nitrogens is 2. The number of hydrogen-bond donors (Lipinski definition) is 0. The number of hydrogen-bond acceptors (Lipinski definition) is 5. The van der Waals surface area contributed by atoms with Crippen molar-refractivity contribution in [1.82, 2.24) is 9.97 Å². The van der Waals surface area contributed by atoms with Crippen LogP contribution in [0.25, 0.3) is 10.9 Å². The van der Waals surface area contributed by atoms with E-state index in [0.29, 0.717) is 17.0 Å². The predicted octanol–water partition coefficient (Wildman–Crippen LogP) is 4.29. The van der Waals surface area contributed by atoms with E-state index in [2.05, 4.69) is 20.9 Å². The molecule has 5 nitrogen and oxygen atoms in total. The van der Waals surface area contributed by atoms with E-state index in [1.54, 1.807) is 20.1 Å². The molecule has 0 unspecified atom stereocenters. The van der Waals surface area contributed by atoms with Crippen LogP contribution in [0.4, 0.5) is 15.9 Å². The predicted molar refractivity (Wildman–Crippen MR) is 114 cm³/mol. The molecule has 5 rings (SSSR count).